The molecule has 1 amide bonds. The van der Waals surface area contributed by atoms with E-state index in [-0.39, 0.29) is 35.1 Å². The maximum Gasteiger partial charge on any atom is 0.265 e. The van der Waals surface area contributed by atoms with Gasteiger partial charge >= 0.3 is 0 Å². The number of likely N-dealkylation sites (N-methyl/N-ethyl adjacent to an activating group) is 2. The largest absolute Gasteiger partial charge is 0.371 e. The number of carbonyl (C=O) groups excluding carboxylic acids is 1. The fourth-order valence-electron chi connectivity index (χ4n) is 3.83. The van der Waals surface area contributed by atoms with Gasteiger partial charge in [0.15, 0.2) is 9.84 Å². The van der Waals surface area contributed by atoms with Crippen LogP contribution in [0.5, 0.6) is 0 Å². The molecule has 7 nitrogen and oxygen atoms in total. The number of rotatable bonds is 7. The molecule has 0 bridgehead atoms. The molecule has 1 saturated carbocycles. The molecule has 0 aromatic rings. The van der Waals surface area contributed by atoms with Crippen LogP contribution < -0.4 is 0 Å². The molecule has 0 spiro atoms. The summed E-state index contributed by atoms with van der Waals surface area (Å²) in [4.78, 5) is 18.5. The Labute approximate surface area is 163 Å². The van der Waals surface area contributed by atoms with Crippen LogP contribution in [0.1, 0.15) is 38.5 Å². The number of amides is 1. The van der Waals surface area contributed by atoms with Crippen LogP contribution in [0, 0.1) is 11.3 Å². The van der Waals surface area contributed by atoms with Crippen molar-refractivity contribution in [3.63, 3.8) is 0 Å². The molecule has 1 unspecified atom stereocenters. The summed E-state index contributed by atoms with van der Waals surface area (Å²) >= 11 is 0. The molecule has 8 heteroatoms. The molecule has 1 aliphatic carbocycles. The van der Waals surface area contributed by atoms with E-state index in [1.165, 1.54) is 6.42 Å². The molecule has 0 aromatic carbocycles. The zero-order chi connectivity index (χ0) is 20.0. The fraction of sp³-hybridized carbons (Fsp3) is 0.789. The van der Waals surface area contributed by atoms with E-state index in [0.29, 0.717) is 13.0 Å². The topological polar surface area (TPSA) is 84.7 Å². The number of sulfone groups is 1. The Balaban J connectivity index is 2.17. The monoisotopic (exact) mass is 396 g/mol. The van der Waals surface area contributed by atoms with E-state index in [4.69, 9.17) is 0 Å². The minimum Gasteiger partial charge on any atom is -0.371 e. The summed E-state index contributed by atoms with van der Waals surface area (Å²) in [6, 6.07) is 2.06. The zero-order valence-corrected chi connectivity index (χ0v) is 17.5. The standard InChI is InChI=1S/C19H32N4O3S/c1-21(2)10-11-23(18-9-12-27(25,26)15-18)14-16(13-20)19(24)22(3)17-7-5-4-6-8-17/h14,17-18H,4-12,15H2,1-3H3/b16-14-. The van der Waals surface area contributed by atoms with E-state index < -0.39 is 9.84 Å². The molecule has 2 fully saturated rings. The van der Waals surface area contributed by atoms with Gasteiger partial charge in [-0.25, -0.2) is 8.42 Å². The van der Waals surface area contributed by atoms with Crippen LogP contribution in [0.25, 0.3) is 0 Å². The van der Waals surface area contributed by atoms with Crippen molar-refractivity contribution in [2.24, 2.45) is 0 Å². The minimum absolute atomic E-state index is 0.0856. The van der Waals surface area contributed by atoms with Gasteiger partial charge in [-0.3, -0.25) is 4.79 Å². The predicted octanol–water partition coefficient (Wildman–Crippen LogP) is 1.24. The van der Waals surface area contributed by atoms with Crippen molar-refractivity contribution in [3.8, 4) is 6.07 Å². The van der Waals surface area contributed by atoms with Gasteiger partial charge in [-0.05, 0) is 33.4 Å². The van der Waals surface area contributed by atoms with Gasteiger partial charge < -0.3 is 14.7 Å². The van der Waals surface area contributed by atoms with Crippen LogP contribution in [0.3, 0.4) is 0 Å². The summed E-state index contributed by atoms with van der Waals surface area (Å²) in [6.45, 7) is 1.30. The van der Waals surface area contributed by atoms with Crippen molar-refractivity contribution in [2.45, 2.75) is 50.6 Å². The van der Waals surface area contributed by atoms with Crippen LogP contribution >= 0.6 is 0 Å². The molecule has 0 aromatic heterocycles. The SMILES string of the molecule is CN(C)CCN(/C=C(/C#N)C(=O)N(C)C1CCCCC1)C1CCS(=O)(=O)C1. The van der Waals surface area contributed by atoms with E-state index in [1.807, 2.05) is 30.0 Å². The summed E-state index contributed by atoms with van der Waals surface area (Å²) in [5.74, 6) is -0.00975. The Morgan fingerprint density at radius 3 is 2.26 bits per heavy atom. The summed E-state index contributed by atoms with van der Waals surface area (Å²) in [5, 5.41) is 9.59. The van der Waals surface area contributed by atoms with E-state index >= 15 is 0 Å². The molecular weight excluding hydrogens is 364 g/mol. The van der Waals surface area contributed by atoms with Gasteiger partial charge in [0.1, 0.15) is 11.6 Å². The molecule has 152 valence electrons. The molecule has 0 radical (unpaired) electrons. The van der Waals surface area contributed by atoms with E-state index in [2.05, 4.69) is 0 Å². The number of hydrogen-bond acceptors (Lipinski definition) is 6. The first-order valence-corrected chi connectivity index (χ1v) is 11.6. The van der Waals surface area contributed by atoms with E-state index in [1.54, 1.807) is 18.1 Å². The lowest BCUT2D eigenvalue weighted by atomic mass is 9.94. The molecule has 1 aliphatic heterocycles. The van der Waals surface area contributed by atoms with Crippen molar-refractivity contribution < 1.29 is 13.2 Å². The first kappa shape index (κ1) is 21.7. The first-order valence-electron chi connectivity index (χ1n) is 9.73. The second-order valence-electron chi connectivity index (χ2n) is 7.96. The Bertz CT molecular complexity index is 690. The molecule has 2 rings (SSSR count). The normalized spacial score (nSPS) is 23.2. The Hall–Kier alpha value is -1.59. The van der Waals surface area contributed by atoms with Gasteiger partial charge in [0.2, 0.25) is 0 Å². The lowest BCUT2D eigenvalue weighted by molar-refractivity contribution is -0.128. The predicted molar refractivity (Wildman–Crippen MR) is 106 cm³/mol. The lowest BCUT2D eigenvalue weighted by Gasteiger charge is -2.32. The molecule has 27 heavy (non-hydrogen) atoms. The van der Waals surface area contributed by atoms with Gasteiger partial charge in [0.25, 0.3) is 5.91 Å². The maximum atomic E-state index is 12.9. The first-order chi connectivity index (χ1) is 12.7. The van der Waals surface area contributed by atoms with Gasteiger partial charge in [0.05, 0.1) is 11.5 Å². The van der Waals surface area contributed by atoms with Crippen molar-refractivity contribution in [3.05, 3.63) is 11.8 Å². The van der Waals surface area contributed by atoms with Crippen LogP contribution in [0.2, 0.25) is 0 Å². The average molecular weight is 397 g/mol. The quantitative estimate of drug-likeness (QED) is 0.475. The highest BCUT2D eigenvalue weighted by atomic mass is 32.2. The fourth-order valence-corrected chi connectivity index (χ4v) is 5.57. The number of nitriles is 1. The van der Waals surface area contributed by atoms with Crippen molar-refractivity contribution in [2.75, 3.05) is 45.7 Å². The smallest absolute Gasteiger partial charge is 0.265 e. The highest BCUT2D eigenvalue weighted by molar-refractivity contribution is 7.91. The molecule has 1 heterocycles. The summed E-state index contributed by atoms with van der Waals surface area (Å²) in [6.07, 6.45) is 7.52. The van der Waals surface area contributed by atoms with Gasteiger partial charge in [-0.15, -0.1) is 0 Å². The summed E-state index contributed by atoms with van der Waals surface area (Å²) in [5.41, 5.74) is 0.0890. The van der Waals surface area contributed by atoms with Crippen molar-refractivity contribution >= 4 is 15.7 Å². The van der Waals surface area contributed by atoms with Crippen LogP contribution in [0.15, 0.2) is 11.8 Å². The Morgan fingerprint density at radius 1 is 1.07 bits per heavy atom. The number of nitrogens with zero attached hydrogens (tertiary/aromatic N) is 4. The summed E-state index contributed by atoms with van der Waals surface area (Å²) < 4.78 is 23.8. The van der Waals surface area contributed by atoms with Crippen molar-refractivity contribution in [1.82, 2.24) is 14.7 Å². The van der Waals surface area contributed by atoms with E-state index in [0.717, 1.165) is 32.2 Å². The van der Waals surface area contributed by atoms with Gasteiger partial charge in [0, 0.05) is 38.4 Å². The molecule has 0 N–H and O–H groups in total. The third-order valence-electron chi connectivity index (χ3n) is 5.57. The highest BCUT2D eigenvalue weighted by Crippen LogP contribution is 2.23. The van der Waals surface area contributed by atoms with Gasteiger partial charge in [-0.2, -0.15) is 5.26 Å². The average Bonchev–Trinajstić information content (AvgIpc) is 3.01. The molecule has 1 atom stereocenters. The number of hydrogen-bond donors (Lipinski definition) is 0. The van der Waals surface area contributed by atoms with E-state index in [9.17, 15) is 18.5 Å². The number of carbonyl (C=O) groups is 1. The zero-order valence-electron chi connectivity index (χ0n) is 16.7. The Morgan fingerprint density at radius 2 is 1.74 bits per heavy atom. The van der Waals surface area contributed by atoms with Gasteiger partial charge in [-0.1, -0.05) is 19.3 Å². The van der Waals surface area contributed by atoms with Crippen LogP contribution in [0.4, 0.5) is 0 Å². The summed E-state index contributed by atoms with van der Waals surface area (Å²) in [7, 11) is 2.62. The third-order valence-corrected chi connectivity index (χ3v) is 7.32. The van der Waals surface area contributed by atoms with Crippen molar-refractivity contribution in [1.29, 1.82) is 5.26 Å². The molecule has 1 saturated heterocycles. The lowest BCUT2D eigenvalue weighted by Crippen LogP contribution is -2.41. The molecular formula is C19H32N4O3S. The second kappa shape index (κ2) is 9.56. The minimum atomic E-state index is -3.04. The second-order valence-corrected chi connectivity index (χ2v) is 10.2. The van der Waals surface area contributed by atoms with Crippen LogP contribution in [-0.2, 0) is 14.6 Å². The third kappa shape index (κ3) is 6.22. The Kier molecular flexibility index (Phi) is 7.68. The highest BCUT2D eigenvalue weighted by Gasteiger charge is 2.32. The van der Waals surface area contributed by atoms with Crippen LogP contribution in [-0.4, -0.2) is 86.8 Å². The maximum absolute atomic E-state index is 12.9. The molecule has 2 aliphatic rings.